The van der Waals surface area contributed by atoms with Crippen LogP contribution in [0.1, 0.15) is 74.7 Å². The van der Waals surface area contributed by atoms with Crippen LogP contribution in [0.3, 0.4) is 0 Å². The molecule has 0 aromatic carbocycles. The Hall–Kier alpha value is -1.93. The number of esters is 3. The van der Waals surface area contributed by atoms with Gasteiger partial charge in [-0.1, -0.05) is 11.6 Å². The Morgan fingerprint density at radius 3 is 2.32 bits per heavy atom. The number of fused-ring (bicyclic) bond motifs is 7. The van der Waals surface area contributed by atoms with Gasteiger partial charge in [0.05, 0.1) is 6.10 Å². The van der Waals surface area contributed by atoms with E-state index in [-0.39, 0.29) is 30.0 Å². The third-order valence-corrected chi connectivity index (χ3v) is 8.25. The van der Waals surface area contributed by atoms with Gasteiger partial charge in [0.1, 0.15) is 35.1 Å². The molecule has 0 aromatic rings. The topological polar surface area (TPSA) is 101 Å². The fraction of sp³-hybridized carbons (Fsp3) is 0.808. The first kappa shape index (κ1) is 25.2. The van der Waals surface area contributed by atoms with E-state index in [0.29, 0.717) is 6.42 Å². The molecule has 1 saturated carbocycles. The molecule has 2 saturated heterocycles. The summed E-state index contributed by atoms with van der Waals surface area (Å²) in [6.07, 6.45) is 2.68. The van der Waals surface area contributed by atoms with Crippen LogP contribution >= 0.6 is 0 Å². The molecule has 4 rings (SSSR count). The van der Waals surface area contributed by atoms with Crippen LogP contribution in [0.4, 0.5) is 0 Å². The summed E-state index contributed by atoms with van der Waals surface area (Å²) in [6.45, 7) is 13.9. The molecule has 0 radical (unpaired) electrons. The minimum absolute atomic E-state index is 0.0505. The zero-order valence-corrected chi connectivity index (χ0v) is 21.5. The van der Waals surface area contributed by atoms with Crippen LogP contribution in [-0.2, 0) is 38.1 Å². The highest BCUT2D eigenvalue weighted by Gasteiger charge is 2.78. The van der Waals surface area contributed by atoms with Gasteiger partial charge < -0.3 is 23.7 Å². The second kappa shape index (κ2) is 8.33. The molecule has 3 fully saturated rings. The fourth-order valence-electron chi connectivity index (χ4n) is 7.21. The van der Waals surface area contributed by atoms with Crippen LogP contribution < -0.4 is 0 Å². The van der Waals surface area contributed by atoms with E-state index in [2.05, 4.69) is 13.0 Å². The SMILES string of the molecule is CC(=O)O[C@H]1[C@H](C(C)(C)OC(C)=O)[C@H]2[C@@H]([C@H]3CC(C)=CCC[C@@](C)(OC(C)=O)[C@@H]2O3)[C@]2(C)O[C@H]12. The third kappa shape index (κ3) is 4.17. The monoisotopic (exact) mass is 478 g/mol. The molecule has 9 atom stereocenters. The van der Waals surface area contributed by atoms with Crippen molar-refractivity contribution in [1.82, 2.24) is 0 Å². The second-order valence-electron chi connectivity index (χ2n) is 11.4. The van der Waals surface area contributed by atoms with Crippen molar-refractivity contribution >= 4 is 17.9 Å². The summed E-state index contributed by atoms with van der Waals surface area (Å²) >= 11 is 0. The molecule has 4 aliphatic rings. The molecule has 8 nitrogen and oxygen atoms in total. The van der Waals surface area contributed by atoms with Crippen LogP contribution in [0.25, 0.3) is 0 Å². The standard InChI is InChI=1S/C26H38O8/c1-13-10-9-11-25(7,33-16(4)29)22-18-19(17(12-13)31-22)26(8)23(34-26)21(30-14(2)27)20(18)24(5,6)32-15(3)28/h10,17-23H,9,11-12H2,1-8H3/t17-,18-,19-,20-,21+,22-,23-,25-,26+/m1/s1. The minimum Gasteiger partial charge on any atom is -0.459 e. The van der Waals surface area contributed by atoms with Crippen molar-refractivity contribution in [3.63, 3.8) is 0 Å². The fourth-order valence-corrected chi connectivity index (χ4v) is 7.21. The largest absolute Gasteiger partial charge is 0.459 e. The van der Waals surface area contributed by atoms with Gasteiger partial charge in [0.2, 0.25) is 0 Å². The quantitative estimate of drug-likeness (QED) is 0.262. The first-order valence-electron chi connectivity index (χ1n) is 12.2. The smallest absolute Gasteiger partial charge is 0.303 e. The molecule has 3 heterocycles. The van der Waals surface area contributed by atoms with Gasteiger partial charge in [0, 0.05) is 38.5 Å². The Kier molecular flexibility index (Phi) is 6.17. The predicted octanol–water partition coefficient (Wildman–Crippen LogP) is 3.50. The van der Waals surface area contributed by atoms with Crippen LogP contribution in [-0.4, -0.2) is 59.1 Å². The van der Waals surface area contributed by atoms with Gasteiger partial charge in [-0.25, -0.2) is 0 Å². The van der Waals surface area contributed by atoms with Gasteiger partial charge in [0.25, 0.3) is 0 Å². The van der Waals surface area contributed by atoms with Crippen molar-refractivity contribution in [2.24, 2.45) is 17.8 Å². The van der Waals surface area contributed by atoms with Crippen LogP contribution in [0.15, 0.2) is 11.6 Å². The summed E-state index contributed by atoms with van der Waals surface area (Å²) in [6, 6.07) is 0. The molecule has 8 heteroatoms. The normalized spacial score (nSPS) is 43.2. The molecule has 0 N–H and O–H groups in total. The molecule has 2 bridgehead atoms. The maximum atomic E-state index is 12.2. The van der Waals surface area contributed by atoms with Gasteiger partial charge >= 0.3 is 17.9 Å². The highest BCUT2D eigenvalue weighted by molar-refractivity contribution is 5.67. The van der Waals surface area contributed by atoms with E-state index in [1.54, 1.807) is 0 Å². The first-order chi connectivity index (χ1) is 15.7. The number of hydrogen-bond donors (Lipinski definition) is 0. The number of allylic oxidation sites excluding steroid dienone is 1. The van der Waals surface area contributed by atoms with E-state index in [4.69, 9.17) is 23.7 Å². The lowest BCUT2D eigenvalue weighted by Gasteiger charge is -2.50. The maximum absolute atomic E-state index is 12.2. The van der Waals surface area contributed by atoms with Gasteiger partial charge in [0.15, 0.2) is 0 Å². The number of carbonyl (C=O) groups is 3. The Morgan fingerprint density at radius 2 is 1.74 bits per heavy atom. The second-order valence-corrected chi connectivity index (χ2v) is 11.4. The molecule has 190 valence electrons. The maximum Gasteiger partial charge on any atom is 0.303 e. The van der Waals surface area contributed by atoms with Gasteiger partial charge in [-0.2, -0.15) is 0 Å². The van der Waals surface area contributed by atoms with Crippen LogP contribution in [0.2, 0.25) is 0 Å². The molecule has 0 unspecified atom stereocenters. The Balaban J connectivity index is 1.88. The zero-order chi connectivity index (χ0) is 25.2. The molecule has 1 aliphatic carbocycles. The lowest BCUT2D eigenvalue weighted by molar-refractivity contribution is -0.197. The summed E-state index contributed by atoms with van der Waals surface area (Å²) in [5.74, 6) is -1.91. The first-order valence-corrected chi connectivity index (χ1v) is 12.2. The van der Waals surface area contributed by atoms with E-state index in [9.17, 15) is 14.4 Å². The summed E-state index contributed by atoms with van der Waals surface area (Å²) in [7, 11) is 0. The van der Waals surface area contributed by atoms with E-state index in [1.165, 1.54) is 26.3 Å². The van der Waals surface area contributed by atoms with Crippen molar-refractivity contribution in [2.75, 3.05) is 0 Å². The van der Waals surface area contributed by atoms with E-state index < -0.39 is 46.9 Å². The van der Waals surface area contributed by atoms with Crippen LogP contribution in [0.5, 0.6) is 0 Å². The van der Waals surface area contributed by atoms with Gasteiger partial charge in [-0.05, 0) is 53.9 Å². The highest BCUT2D eigenvalue weighted by atomic mass is 16.7. The zero-order valence-electron chi connectivity index (χ0n) is 21.5. The summed E-state index contributed by atoms with van der Waals surface area (Å²) < 4.78 is 30.8. The Morgan fingerprint density at radius 1 is 1.06 bits per heavy atom. The summed E-state index contributed by atoms with van der Waals surface area (Å²) in [4.78, 5) is 36.5. The third-order valence-electron chi connectivity index (χ3n) is 8.25. The molecule has 3 aliphatic heterocycles. The van der Waals surface area contributed by atoms with Crippen molar-refractivity contribution in [1.29, 1.82) is 0 Å². The predicted molar refractivity (Wildman–Crippen MR) is 122 cm³/mol. The number of ether oxygens (including phenoxy) is 5. The molecule has 0 amide bonds. The lowest BCUT2D eigenvalue weighted by Crippen LogP contribution is -2.62. The summed E-state index contributed by atoms with van der Waals surface area (Å²) in [5, 5.41) is 0. The van der Waals surface area contributed by atoms with Gasteiger partial charge in [-0.3, -0.25) is 14.4 Å². The molecule has 0 spiro atoms. The Labute approximate surface area is 201 Å². The van der Waals surface area contributed by atoms with E-state index in [1.807, 2.05) is 27.7 Å². The number of hydrogen-bond acceptors (Lipinski definition) is 8. The minimum atomic E-state index is -0.981. The molecule has 0 aromatic heterocycles. The average molecular weight is 479 g/mol. The molecular formula is C26H38O8. The highest BCUT2D eigenvalue weighted by Crippen LogP contribution is 2.65. The van der Waals surface area contributed by atoms with Gasteiger partial charge in [-0.15, -0.1) is 0 Å². The van der Waals surface area contributed by atoms with Crippen molar-refractivity contribution in [2.45, 2.75) is 116 Å². The lowest BCUT2D eigenvalue weighted by atomic mass is 9.57. The van der Waals surface area contributed by atoms with E-state index in [0.717, 1.165) is 12.8 Å². The van der Waals surface area contributed by atoms with Crippen molar-refractivity contribution in [3.8, 4) is 0 Å². The number of carbonyl (C=O) groups excluding carboxylic acids is 3. The number of epoxide rings is 1. The average Bonchev–Trinajstić information content (AvgIpc) is 3.19. The summed E-state index contributed by atoms with van der Waals surface area (Å²) in [5.41, 5.74) is -1.22. The molecule has 34 heavy (non-hydrogen) atoms. The van der Waals surface area contributed by atoms with E-state index >= 15 is 0 Å². The van der Waals surface area contributed by atoms with Crippen LogP contribution in [0, 0.1) is 17.8 Å². The Bertz CT molecular complexity index is 908. The molecular weight excluding hydrogens is 440 g/mol. The van der Waals surface area contributed by atoms with Crippen molar-refractivity contribution in [3.05, 3.63) is 11.6 Å². The van der Waals surface area contributed by atoms with Crippen molar-refractivity contribution < 1.29 is 38.1 Å². The number of rotatable bonds is 4.